The van der Waals surface area contributed by atoms with Crippen LogP contribution in [0.1, 0.15) is 42.5 Å². The quantitative estimate of drug-likeness (QED) is 0.153. The van der Waals surface area contributed by atoms with Crippen molar-refractivity contribution in [2.24, 2.45) is 11.6 Å². The maximum absolute atomic E-state index is 14.1. The van der Waals surface area contributed by atoms with Gasteiger partial charge in [0, 0.05) is 42.0 Å². The Balaban J connectivity index is 0.000000173. The number of imidazole rings is 1. The van der Waals surface area contributed by atoms with Crippen molar-refractivity contribution in [1.82, 2.24) is 35.1 Å². The molecule has 0 saturated heterocycles. The molecule has 0 radical (unpaired) electrons. The third kappa shape index (κ3) is 6.41. The first kappa shape index (κ1) is 25.6. The number of aromatic amines is 1. The Bertz CT molecular complexity index is 1380. The lowest BCUT2D eigenvalue weighted by molar-refractivity contribution is -0.109. The summed E-state index contributed by atoms with van der Waals surface area (Å²) in [5.74, 6) is 6.19. The molecule has 0 aliphatic heterocycles. The number of pyridine rings is 1. The molecule has 3 heterocycles. The summed E-state index contributed by atoms with van der Waals surface area (Å²) < 4.78 is 21.1. The molecule has 12 heteroatoms. The van der Waals surface area contributed by atoms with Crippen LogP contribution in [0.25, 0.3) is 16.9 Å². The van der Waals surface area contributed by atoms with Crippen LogP contribution in [0, 0.1) is 5.82 Å². The second-order valence-corrected chi connectivity index (χ2v) is 8.74. The Kier molecular flexibility index (Phi) is 7.98. The molecule has 37 heavy (non-hydrogen) atoms. The summed E-state index contributed by atoms with van der Waals surface area (Å²) in [6.07, 6.45) is 10.5. The van der Waals surface area contributed by atoms with Gasteiger partial charge in [-0.2, -0.15) is 15.4 Å². The Morgan fingerprint density at radius 2 is 2.14 bits per heavy atom. The van der Waals surface area contributed by atoms with E-state index >= 15 is 0 Å². The molecule has 6 N–H and O–H groups in total. The number of hydrogen-bond acceptors (Lipinski definition) is 8. The number of ether oxygens (including phenoxy) is 1. The number of nitrogens with one attached hydrogen (secondary N) is 2. The van der Waals surface area contributed by atoms with E-state index in [4.69, 9.17) is 16.3 Å². The number of carbonyl (C=O) groups excluding carboxylic acids is 1. The van der Waals surface area contributed by atoms with Crippen LogP contribution in [-0.4, -0.2) is 43.3 Å². The number of allylic oxidation sites excluding steroid dienone is 1. The molecule has 4 aromatic rings. The topological polar surface area (TPSA) is 152 Å². The van der Waals surface area contributed by atoms with E-state index in [0.717, 1.165) is 17.3 Å². The highest BCUT2D eigenvalue weighted by Crippen LogP contribution is 2.39. The van der Waals surface area contributed by atoms with E-state index < -0.39 is 5.82 Å². The van der Waals surface area contributed by atoms with Gasteiger partial charge in [0.15, 0.2) is 11.6 Å². The van der Waals surface area contributed by atoms with Crippen LogP contribution in [0.2, 0.25) is 0 Å². The first-order chi connectivity index (χ1) is 17.9. The maximum Gasteiger partial charge on any atom is 0.207 e. The lowest BCUT2D eigenvalue weighted by Crippen LogP contribution is -2.25. The first-order valence-corrected chi connectivity index (χ1v) is 11.7. The number of nitrogens with zero attached hydrogens (tertiary/aromatic N) is 5. The average molecular weight is 508 g/mol. The van der Waals surface area contributed by atoms with Crippen LogP contribution in [0.3, 0.4) is 0 Å². The number of carbonyl (C=O) groups is 1. The van der Waals surface area contributed by atoms with Crippen LogP contribution >= 0.6 is 0 Å². The molecule has 0 unspecified atom stereocenters. The highest BCUT2D eigenvalue weighted by molar-refractivity contribution is 5.65. The number of methoxy groups -OCH3 is 1. The van der Waals surface area contributed by atoms with Gasteiger partial charge in [-0.3, -0.25) is 4.79 Å². The summed E-state index contributed by atoms with van der Waals surface area (Å²) >= 11 is 0. The molecular weight excluding hydrogens is 477 g/mol. The molecular formula is C25H30FN9O2. The number of rotatable bonds is 9. The van der Waals surface area contributed by atoms with Crippen molar-refractivity contribution in [1.29, 1.82) is 0 Å². The van der Waals surface area contributed by atoms with E-state index in [2.05, 4.69) is 48.4 Å². The fraction of sp³-hybridized carbons (Fsp3) is 0.280. The van der Waals surface area contributed by atoms with E-state index in [1.165, 1.54) is 37.8 Å². The van der Waals surface area contributed by atoms with Crippen molar-refractivity contribution >= 4 is 12.1 Å². The highest BCUT2D eigenvalue weighted by Gasteiger charge is 2.23. The van der Waals surface area contributed by atoms with E-state index in [9.17, 15) is 9.18 Å². The molecule has 0 bridgehead atoms. The molecule has 1 fully saturated rings. The molecule has 5 rings (SSSR count). The van der Waals surface area contributed by atoms with Crippen molar-refractivity contribution in [3.05, 3.63) is 77.4 Å². The number of H-pyrrole nitrogens is 1. The molecule has 11 nitrogen and oxygen atoms in total. The Labute approximate surface area is 213 Å². The standard InChI is InChI=1S/C14H19N5.C11H11FN4O2/c1-10(15)6-19(16)9-13-8-18-7-12(11-2-3-11)4-5-14(18)17-13;1-18-10-3-2-7(9-5-14-16-15-9)8(11(10)12)4-13-6-17/h4-8,11H,2-3,9,15-16H2,1H3;2-3,5-6H,4H2,1H3,(H,13,17)(H,14,15,16)/b10-6-;. The van der Waals surface area contributed by atoms with Crippen LogP contribution in [0.4, 0.5) is 4.39 Å². The van der Waals surface area contributed by atoms with E-state index in [1.807, 2.05) is 13.1 Å². The summed E-state index contributed by atoms with van der Waals surface area (Å²) in [6.45, 7) is 2.41. The third-order valence-electron chi connectivity index (χ3n) is 5.77. The number of hydrogen-bond donors (Lipinski definition) is 4. The Hall–Kier alpha value is -4.45. The van der Waals surface area contributed by atoms with E-state index in [1.54, 1.807) is 17.3 Å². The summed E-state index contributed by atoms with van der Waals surface area (Å²) in [6, 6.07) is 7.42. The van der Waals surface area contributed by atoms with Crippen molar-refractivity contribution in [3.8, 4) is 17.0 Å². The van der Waals surface area contributed by atoms with Gasteiger partial charge >= 0.3 is 0 Å². The second-order valence-electron chi connectivity index (χ2n) is 8.74. The third-order valence-corrected chi connectivity index (χ3v) is 5.77. The van der Waals surface area contributed by atoms with Gasteiger partial charge in [-0.15, -0.1) is 0 Å². The second kappa shape index (κ2) is 11.5. The molecule has 0 spiro atoms. The smallest absolute Gasteiger partial charge is 0.207 e. The molecule has 1 aliphatic rings. The van der Waals surface area contributed by atoms with Crippen molar-refractivity contribution in [2.45, 2.75) is 38.8 Å². The Morgan fingerprint density at radius 1 is 1.32 bits per heavy atom. The van der Waals surface area contributed by atoms with Gasteiger partial charge in [-0.05, 0) is 49.4 Å². The summed E-state index contributed by atoms with van der Waals surface area (Å²) in [5.41, 5.74) is 10.9. The van der Waals surface area contributed by atoms with E-state index in [0.29, 0.717) is 35.5 Å². The van der Waals surface area contributed by atoms with Crippen LogP contribution < -0.4 is 21.6 Å². The monoisotopic (exact) mass is 507 g/mol. The van der Waals surface area contributed by atoms with Gasteiger partial charge in [0.2, 0.25) is 6.41 Å². The zero-order valence-electron chi connectivity index (χ0n) is 20.7. The van der Waals surface area contributed by atoms with Gasteiger partial charge in [-0.1, -0.05) is 6.07 Å². The molecule has 0 atom stereocenters. The number of nitrogens with two attached hydrogens (primary N) is 2. The summed E-state index contributed by atoms with van der Waals surface area (Å²) in [7, 11) is 1.38. The predicted octanol–water partition coefficient (Wildman–Crippen LogP) is 2.57. The summed E-state index contributed by atoms with van der Waals surface area (Å²) in [5, 5.41) is 14.0. The lowest BCUT2D eigenvalue weighted by Gasteiger charge is -2.11. The molecule has 1 saturated carbocycles. The van der Waals surface area contributed by atoms with Crippen molar-refractivity contribution in [3.63, 3.8) is 0 Å². The molecule has 1 aromatic carbocycles. The number of hydrazine groups is 1. The fourth-order valence-electron chi connectivity index (χ4n) is 3.94. The average Bonchev–Trinajstić information content (AvgIpc) is 3.42. The maximum atomic E-state index is 14.1. The summed E-state index contributed by atoms with van der Waals surface area (Å²) in [4.78, 5) is 14.9. The predicted molar refractivity (Wildman–Crippen MR) is 136 cm³/mol. The van der Waals surface area contributed by atoms with Crippen molar-refractivity contribution in [2.75, 3.05) is 7.11 Å². The number of aromatic nitrogens is 5. The van der Waals surface area contributed by atoms with E-state index in [-0.39, 0.29) is 12.3 Å². The fourth-order valence-corrected chi connectivity index (χ4v) is 3.94. The number of fused-ring (bicyclic) bond motifs is 1. The van der Waals surface area contributed by atoms with Crippen LogP contribution in [0.5, 0.6) is 5.75 Å². The highest BCUT2D eigenvalue weighted by atomic mass is 19.1. The largest absolute Gasteiger partial charge is 0.494 e. The normalized spacial score (nSPS) is 13.1. The zero-order chi connectivity index (χ0) is 26.4. The van der Waals surface area contributed by atoms with Gasteiger partial charge < -0.3 is 25.2 Å². The minimum Gasteiger partial charge on any atom is -0.494 e. The number of amides is 1. The molecule has 194 valence electrons. The van der Waals surface area contributed by atoms with Crippen molar-refractivity contribution < 1.29 is 13.9 Å². The van der Waals surface area contributed by atoms with Crippen LogP contribution in [0.15, 0.2) is 54.8 Å². The molecule has 3 aromatic heterocycles. The van der Waals surface area contributed by atoms with Crippen LogP contribution in [-0.2, 0) is 17.9 Å². The number of benzene rings is 1. The van der Waals surface area contributed by atoms with Gasteiger partial charge in [0.05, 0.1) is 25.5 Å². The first-order valence-electron chi connectivity index (χ1n) is 11.7. The number of halogens is 1. The minimum atomic E-state index is -0.521. The van der Waals surface area contributed by atoms with Gasteiger partial charge in [0.1, 0.15) is 11.3 Å². The molecule has 1 amide bonds. The minimum absolute atomic E-state index is 0.0503. The Morgan fingerprint density at radius 3 is 2.78 bits per heavy atom. The lowest BCUT2D eigenvalue weighted by atomic mass is 10.0. The molecule has 1 aliphatic carbocycles. The zero-order valence-corrected chi connectivity index (χ0v) is 20.7. The van der Waals surface area contributed by atoms with Gasteiger partial charge in [0.25, 0.3) is 0 Å². The SMILES string of the molecule is C/C(N)=C/N(N)Cc1cn2cc(C3CC3)ccc2n1.COc1ccc(-c2cn[nH]n2)c(CNC=O)c1F. The van der Waals surface area contributed by atoms with Gasteiger partial charge in [-0.25, -0.2) is 15.2 Å².